The van der Waals surface area contributed by atoms with Crippen molar-refractivity contribution in [3.05, 3.63) is 34.9 Å². The van der Waals surface area contributed by atoms with E-state index >= 15 is 0 Å². The van der Waals surface area contributed by atoms with Crippen LogP contribution in [0, 0.1) is 11.3 Å². The van der Waals surface area contributed by atoms with Crippen LogP contribution >= 0.6 is 11.6 Å². The van der Waals surface area contributed by atoms with Gasteiger partial charge in [-0.25, -0.2) is 0 Å². The van der Waals surface area contributed by atoms with E-state index < -0.39 is 6.04 Å². The monoisotopic (exact) mass is 451 g/mol. The van der Waals surface area contributed by atoms with Gasteiger partial charge < -0.3 is 20.3 Å². The predicted octanol–water partition coefficient (Wildman–Crippen LogP) is 2.88. The molecule has 2 rings (SSSR count). The molecule has 0 radical (unpaired) electrons. The Morgan fingerprint density at radius 3 is 2.42 bits per heavy atom. The van der Waals surface area contributed by atoms with Gasteiger partial charge in [-0.3, -0.25) is 14.4 Å². The molecular weight excluding hydrogens is 418 g/mol. The van der Waals surface area contributed by atoms with Crippen LogP contribution in [0.4, 0.5) is 0 Å². The quantitative estimate of drug-likeness (QED) is 0.595. The number of carbonyl (C=O) groups excluding carboxylic acids is 3. The fourth-order valence-corrected chi connectivity index (χ4v) is 3.92. The number of hydrogen-bond acceptors (Lipinski definition) is 4. The Morgan fingerprint density at radius 1 is 1.19 bits per heavy atom. The van der Waals surface area contributed by atoms with Crippen molar-refractivity contribution in [1.82, 2.24) is 15.5 Å². The van der Waals surface area contributed by atoms with Gasteiger partial charge in [0.2, 0.25) is 11.8 Å². The summed E-state index contributed by atoms with van der Waals surface area (Å²) in [6.07, 6.45) is 1.77. The summed E-state index contributed by atoms with van der Waals surface area (Å²) < 4.78 is 5.00. The molecule has 1 fully saturated rings. The van der Waals surface area contributed by atoms with E-state index in [0.29, 0.717) is 56.1 Å². The van der Waals surface area contributed by atoms with Gasteiger partial charge in [-0.2, -0.15) is 0 Å². The Morgan fingerprint density at radius 2 is 1.84 bits per heavy atom. The van der Waals surface area contributed by atoms with Gasteiger partial charge in [0.05, 0.1) is 17.2 Å². The maximum atomic E-state index is 12.9. The molecular formula is C23H34ClN3O4. The van der Waals surface area contributed by atoms with Crippen molar-refractivity contribution in [3.63, 3.8) is 0 Å². The molecule has 0 saturated carbocycles. The lowest BCUT2D eigenvalue weighted by Gasteiger charge is -2.36. The summed E-state index contributed by atoms with van der Waals surface area (Å²) in [5.74, 6) is -0.583. The molecule has 172 valence electrons. The molecule has 1 unspecified atom stereocenters. The molecule has 1 aliphatic heterocycles. The fraction of sp³-hybridized carbons (Fsp3) is 0.609. The van der Waals surface area contributed by atoms with E-state index in [1.54, 1.807) is 31.4 Å². The second kappa shape index (κ2) is 11.5. The van der Waals surface area contributed by atoms with E-state index in [-0.39, 0.29) is 29.1 Å². The molecule has 1 aliphatic rings. The minimum absolute atomic E-state index is 0.0688. The fourth-order valence-electron chi connectivity index (χ4n) is 3.70. The summed E-state index contributed by atoms with van der Waals surface area (Å²) in [6, 6.07) is 6.04. The Labute approximate surface area is 189 Å². The summed E-state index contributed by atoms with van der Waals surface area (Å²) in [7, 11) is 1.56. The summed E-state index contributed by atoms with van der Waals surface area (Å²) in [6.45, 7) is 8.02. The van der Waals surface area contributed by atoms with Crippen LogP contribution in [0.25, 0.3) is 0 Å². The maximum absolute atomic E-state index is 12.9. The van der Waals surface area contributed by atoms with Gasteiger partial charge in [-0.05, 0) is 36.3 Å². The van der Waals surface area contributed by atoms with E-state index in [4.69, 9.17) is 16.3 Å². The summed E-state index contributed by atoms with van der Waals surface area (Å²) in [5, 5.41) is 6.03. The molecule has 0 bridgehead atoms. The number of piperidine rings is 1. The molecule has 1 aromatic carbocycles. The number of amides is 3. The number of carbonyl (C=O) groups is 3. The van der Waals surface area contributed by atoms with Crippen LogP contribution in [0.1, 0.15) is 50.4 Å². The van der Waals surface area contributed by atoms with E-state index in [2.05, 4.69) is 10.6 Å². The molecule has 7 nitrogen and oxygen atoms in total. The Kier molecular flexibility index (Phi) is 9.32. The van der Waals surface area contributed by atoms with E-state index in [9.17, 15) is 14.4 Å². The molecule has 8 heteroatoms. The average Bonchev–Trinajstić information content (AvgIpc) is 2.71. The molecule has 0 aliphatic carbocycles. The molecule has 2 N–H and O–H groups in total. The highest BCUT2D eigenvalue weighted by molar-refractivity contribution is 6.33. The van der Waals surface area contributed by atoms with Crippen molar-refractivity contribution in [1.29, 1.82) is 0 Å². The first-order valence-electron chi connectivity index (χ1n) is 10.7. The standard InChI is InChI=1S/C23H34ClN3O4/c1-23(2,3)15-19(28)27-12-9-16(10-13-27)20(22(30)25-11-14-31-4)26-21(29)17-7-5-6-8-18(17)24/h5-8,16,20H,9-15H2,1-4H3,(H,25,30)(H,26,29). The van der Waals surface area contributed by atoms with Crippen molar-refractivity contribution in [2.75, 3.05) is 33.4 Å². The first kappa shape index (κ1) is 25.1. The highest BCUT2D eigenvalue weighted by Crippen LogP contribution is 2.25. The van der Waals surface area contributed by atoms with Crippen LogP contribution in [0.5, 0.6) is 0 Å². The summed E-state index contributed by atoms with van der Waals surface area (Å²) in [5.41, 5.74) is 0.261. The van der Waals surface area contributed by atoms with Crippen LogP contribution in [0.2, 0.25) is 5.02 Å². The van der Waals surface area contributed by atoms with E-state index in [1.165, 1.54) is 0 Å². The second-order valence-corrected chi connectivity index (χ2v) is 9.58. The van der Waals surface area contributed by atoms with Gasteiger partial charge in [-0.1, -0.05) is 44.5 Å². The van der Waals surface area contributed by atoms with Crippen LogP contribution < -0.4 is 10.6 Å². The SMILES string of the molecule is COCCNC(=O)C(NC(=O)c1ccccc1Cl)C1CCN(C(=O)CC(C)(C)C)CC1. The predicted molar refractivity (Wildman–Crippen MR) is 121 cm³/mol. The summed E-state index contributed by atoms with van der Waals surface area (Å²) in [4.78, 5) is 40.1. The highest BCUT2D eigenvalue weighted by Gasteiger charge is 2.34. The number of ether oxygens (including phenoxy) is 1. The Bertz CT molecular complexity index is 770. The van der Waals surface area contributed by atoms with Gasteiger partial charge in [0.15, 0.2) is 0 Å². The molecule has 0 aromatic heterocycles. The number of rotatable bonds is 8. The molecule has 1 saturated heterocycles. The molecule has 3 amide bonds. The number of nitrogens with one attached hydrogen (secondary N) is 2. The van der Waals surface area contributed by atoms with Gasteiger partial charge >= 0.3 is 0 Å². The zero-order chi connectivity index (χ0) is 23.0. The zero-order valence-electron chi connectivity index (χ0n) is 18.9. The van der Waals surface area contributed by atoms with Crippen molar-refractivity contribution in [2.45, 2.75) is 46.1 Å². The van der Waals surface area contributed by atoms with Crippen LogP contribution in [-0.2, 0) is 14.3 Å². The summed E-state index contributed by atoms with van der Waals surface area (Å²) >= 11 is 6.15. The second-order valence-electron chi connectivity index (χ2n) is 9.17. The van der Waals surface area contributed by atoms with Crippen molar-refractivity contribution < 1.29 is 19.1 Å². The molecule has 0 spiro atoms. The lowest BCUT2D eigenvalue weighted by Crippen LogP contribution is -2.54. The average molecular weight is 452 g/mol. The van der Waals surface area contributed by atoms with Crippen LogP contribution in [0.15, 0.2) is 24.3 Å². The number of hydrogen-bond donors (Lipinski definition) is 2. The lowest BCUT2D eigenvalue weighted by atomic mass is 9.87. The van der Waals surface area contributed by atoms with Crippen LogP contribution in [0.3, 0.4) is 0 Å². The topological polar surface area (TPSA) is 87.7 Å². The number of methoxy groups -OCH3 is 1. The maximum Gasteiger partial charge on any atom is 0.253 e. The molecule has 31 heavy (non-hydrogen) atoms. The third-order valence-electron chi connectivity index (χ3n) is 5.34. The van der Waals surface area contributed by atoms with Gasteiger partial charge in [0.1, 0.15) is 6.04 Å². The molecule has 1 atom stereocenters. The van der Waals surface area contributed by atoms with E-state index in [0.717, 1.165) is 0 Å². The molecule has 1 aromatic rings. The smallest absolute Gasteiger partial charge is 0.253 e. The van der Waals surface area contributed by atoms with Gasteiger partial charge in [0.25, 0.3) is 5.91 Å². The van der Waals surface area contributed by atoms with Gasteiger partial charge in [0, 0.05) is 33.2 Å². The van der Waals surface area contributed by atoms with Crippen LogP contribution in [-0.4, -0.2) is 62.0 Å². The first-order valence-corrected chi connectivity index (χ1v) is 11.1. The van der Waals surface area contributed by atoms with Crippen molar-refractivity contribution in [3.8, 4) is 0 Å². The number of benzene rings is 1. The largest absolute Gasteiger partial charge is 0.383 e. The highest BCUT2D eigenvalue weighted by atomic mass is 35.5. The Balaban J connectivity index is 2.07. The third kappa shape index (κ3) is 7.82. The van der Waals surface area contributed by atoms with Gasteiger partial charge in [-0.15, -0.1) is 0 Å². The minimum atomic E-state index is -0.708. The first-order chi connectivity index (χ1) is 14.6. The number of likely N-dealkylation sites (tertiary alicyclic amines) is 1. The van der Waals surface area contributed by atoms with Crippen molar-refractivity contribution in [2.24, 2.45) is 11.3 Å². The molecule has 1 heterocycles. The van der Waals surface area contributed by atoms with E-state index in [1.807, 2.05) is 25.7 Å². The Hall–Kier alpha value is -2.12. The minimum Gasteiger partial charge on any atom is -0.383 e. The van der Waals surface area contributed by atoms with Crippen molar-refractivity contribution >= 4 is 29.3 Å². The third-order valence-corrected chi connectivity index (χ3v) is 5.67. The zero-order valence-corrected chi connectivity index (χ0v) is 19.6. The lowest BCUT2D eigenvalue weighted by molar-refractivity contribution is -0.134. The normalized spacial score (nSPS) is 16.0. The number of halogens is 1. The number of nitrogens with zero attached hydrogens (tertiary/aromatic N) is 1.